The van der Waals surface area contributed by atoms with E-state index < -0.39 is 17.9 Å². The Morgan fingerprint density at radius 1 is 1.35 bits per heavy atom. The maximum absolute atomic E-state index is 13.7. The van der Waals surface area contributed by atoms with Crippen LogP contribution in [-0.2, 0) is 16.0 Å². The molecule has 0 aromatic heterocycles. The SMILES string of the molecule is O=C(O)CCC1CCCCN1C(=O)C1Cc2cccc(F)c2O1. The standard InChI is InChI=1S/C17H20FNO4/c18-13-6-3-4-11-10-14(23-16(11)13)17(22)19-9-2-1-5-12(19)7-8-15(20)21/h3-4,6,12,14H,1-2,5,7-10H2,(H,20,21). The quantitative estimate of drug-likeness (QED) is 0.924. The van der Waals surface area contributed by atoms with E-state index in [0.717, 1.165) is 19.3 Å². The number of piperidine rings is 1. The van der Waals surface area contributed by atoms with Crippen molar-refractivity contribution >= 4 is 11.9 Å². The van der Waals surface area contributed by atoms with Crippen molar-refractivity contribution in [2.24, 2.45) is 0 Å². The molecule has 1 aromatic carbocycles. The van der Waals surface area contributed by atoms with E-state index in [1.54, 1.807) is 17.0 Å². The number of para-hydroxylation sites is 1. The lowest BCUT2D eigenvalue weighted by Crippen LogP contribution is -2.49. The van der Waals surface area contributed by atoms with Gasteiger partial charge in [-0.05, 0) is 31.7 Å². The van der Waals surface area contributed by atoms with E-state index in [1.165, 1.54) is 6.07 Å². The predicted octanol–water partition coefficient (Wildman–Crippen LogP) is 2.38. The largest absolute Gasteiger partial charge is 0.481 e. The number of amides is 1. The Hall–Kier alpha value is -2.11. The first-order chi connectivity index (χ1) is 11.1. The monoisotopic (exact) mass is 321 g/mol. The summed E-state index contributed by atoms with van der Waals surface area (Å²) in [4.78, 5) is 25.3. The molecule has 5 nitrogen and oxygen atoms in total. The van der Waals surface area contributed by atoms with Gasteiger partial charge in [0.25, 0.3) is 5.91 Å². The van der Waals surface area contributed by atoms with Gasteiger partial charge in [0.15, 0.2) is 17.7 Å². The number of ether oxygens (including phenoxy) is 1. The van der Waals surface area contributed by atoms with Gasteiger partial charge < -0.3 is 14.7 Å². The first-order valence-electron chi connectivity index (χ1n) is 8.02. The third-order valence-electron chi connectivity index (χ3n) is 4.59. The van der Waals surface area contributed by atoms with Crippen LogP contribution >= 0.6 is 0 Å². The van der Waals surface area contributed by atoms with Crippen molar-refractivity contribution in [1.29, 1.82) is 0 Å². The fraction of sp³-hybridized carbons (Fsp3) is 0.529. The van der Waals surface area contributed by atoms with Gasteiger partial charge in [0.1, 0.15) is 0 Å². The number of carboxylic acid groups (broad SMARTS) is 1. The molecule has 2 heterocycles. The third-order valence-corrected chi connectivity index (χ3v) is 4.59. The molecule has 1 fully saturated rings. The first kappa shape index (κ1) is 15.8. The Morgan fingerprint density at radius 3 is 2.91 bits per heavy atom. The molecule has 1 N–H and O–H groups in total. The number of halogens is 1. The summed E-state index contributed by atoms with van der Waals surface area (Å²) in [6.07, 6.45) is 2.88. The van der Waals surface area contributed by atoms with Crippen molar-refractivity contribution < 1.29 is 23.8 Å². The van der Waals surface area contributed by atoms with Crippen molar-refractivity contribution in [3.63, 3.8) is 0 Å². The number of aliphatic carboxylic acids is 1. The summed E-state index contributed by atoms with van der Waals surface area (Å²) in [6.45, 7) is 0.613. The van der Waals surface area contributed by atoms with Crippen LogP contribution in [-0.4, -0.2) is 40.6 Å². The minimum absolute atomic E-state index is 0.0504. The van der Waals surface area contributed by atoms with Gasteiger partial charge in [-0.25, -0.2) is 4.39 Å². The minimum atomic E-state index is -0.852. The van der Waals surface area contributed by atoms with Crippen molar-refractivity contribution in [3.8, 4) is 5.75 Å². The van der Waals surface area contributed by atoms with Gasteiger partial charge in [0, 0.05) is 31.0 Å². The Balaban J connectivity index is 1.69. The molecule has 0 aliphatic carbocycles. The molecule has 0 radical (unpaired) electrons. The van der Waals surface area contributed by atoms with Crippen LogP contribution in [0.5, 0.6) is 5.75 Å². The molecule has 2 aliphatic rings. The van der Waals surface area contributed by atoms with E-state index in [2.05, 4.69) is 0 Å². The molecule has 0 saturated carbocycles. The Kier molecular flexibility index (Phi) is 4.50. The second-order valence-corrected chi connectivity index (χ2v) is 6.15. The van der Waals surface area contributed by atoms with Crippen molar-refractivity contribution in [2.75, 3.05) is 6.54 Å². The molecule has 1 saturated heterocycles. The number of nitrogens with zero attached hydrogens (tertiary/aromatic N) is 1. The van der Waals surface area contributed by atoms with Crippen LogP contribution in [0.15, 0.2) is 18.2 Å². The van der Waals surface area contributed by atoms with Crippen LogP contribution in [0.2, 0.25) is 0 Å². The molecule has 2 unspecified atom stereocenters. The molecule has 2 aliphatic heterocycles. The molecule has 23 heavy (non-hydrogen) atoms. The summed E-state index contributed by atoms with van der Waals surface area (Å²) in [7, 11) is 0. The third kappa shape index (κ3) is 3.30. The predicted molar refractivity (Wildman–Crippen MR) is 80.7 cm³/mol. The fourth-order valence-electron chi connectivity index (χ4n) is 3.43. The van der Waals surface area contributed by atoms with Crippen molar-refractivity contribution in [3.05, 3.63) is 29.6 Å². The van der Waals surface area contributed by atoms with E-state index >= 15 is 0 Å². The highest BCUT2D eigenvalue weighted by atomic mass is 19.1. The average molecular weight is 321 g/mol. The summed E-state index contributed by atoms with van der Waals surface area (Å²) in [5.74, 6) is -1.28. The molecule has 1 amide bonds. The Bertz CT molecular complexity index is 619. The van der Waals surface area contributed by atoms with E-state index in [-0.39, 0.29) is 24.1 Å². The van der Waals surface area contributed by atoms with Crippen LogP contribution in [0.3, 0.4) is 0 Å². The number of hydrogen-bond acceptors (Lipinski definition) is 3. The number of rotatable bonds is 4. The maximum Gasteiger partial charge on any atom is 0.303 e. The zero-order valence-corrected chi connectivity index (χ0v) is 12.8. The van der Waals surface area contributed by atoms with Crippen LogP contribution < -0.4 is 4.74 Å². The van der Waals surface area contributed by atoms with Crippen molar-refractivity contribution in [2.45, 2.75) is 50.7 Å². The normalized spacial score (nSPS) is 23.3. The molecule has 3 rings (SSSR count). The van der Waals surface area contributed by atoms with E-state index in [4.69, 9.17) is 9.84 Å². The Morgan fingerprint density at radius 2 is 2.17 bits per heavy atom. The van der Waals surface area contributed by atoms with Gasteiger partial charge in [-0.2, -0.15) is 0 Å². The number of carbonyl (C=O) groups excluding carboxylic acids is 1. The zero-order chi connectivity index (χ0) is 16.4. The summed E-state index contributed by atoms with van der Waals surface area (Å²) in [5, 5.41) is 8.86. The van der Waals surface area contributed by atoms with Gasteiger partial charge in [-0.1, -0.05) is 12.1 Å². The zero-order valence-electron chi connectivity index (χ0n) is 12.8. The van der Waals surface area contributed by atoms with Crippen molar-refractivity contribution in [1.82, 2.24) is 4.90 Å². The highest BCUT2D eigenvalue weighted by molar-refractivity contribution is 5.83. The lowest BCUT2D eigenvalue weighted by Gasteiger charge is -2.36. The lowest BCUT2D eigenvalue weighted by atomic mass is 9.96. The van der Waals surface area contributed by atoms with Gasteiger partial charge in [-0.15, -0.1) is 0 Å². The van der Waals surface area contributed by atoms with Crippen LogP contribution in [0.25, 0.3) is 0 Å². The highest BCUT2D eigenvalue weighted by Gasteiger charge is 2.37. The molecular formula is C17H20FNO4. The van der Waals surface area contributed by atoms with Gasteiger partial charge in [-0.3, -0.25) is 9.59 Å². The molecule has 1 aromatic rings. The second-order valence-electron chi connectivity index (χ2n) is 6.15. The summed E-state index contributed by atoms with van der Waals surface area (Å²) >= 11 is 0. The minimum Gasteiger partial charge on any atom is -0.481 e. The van der Waals surface area contributed by atoms with Gasteiger partial charge in [0.2, 0.25) is 0 Å². The molecule has 6 heteroatoms. The first-order valence-corrected chi connectivity index (χ1v) is 8.02. The smallest absolute Gasteiger partial charge is 0.303 e. The summed E-state index contributed by atoms with van der Waals surface area (Å²) in [5.41, 5.74) is 0.711. The molecule has 0 bridgehead atoms. The summed E-state index contributed by atoms with van der Waals surface area (Å²) in [6, 6.07) is 4.64. The molecule has 2 atom stereocenters. The number of carbonyl (C=O) groups is 2. The number of fused-ring (bicyclic) bond motifs is 1. The molecule has 0 spiro atoms. The number of hydrogen-bond donors (Lipinski definition) is 1. The number of carboxylic acids is 1. The molecule has 124 valence electrons. The Labute approximate surface area is 134 Å². The van der Waals surface area contributed by atoms with Gasteiger partial charge in [0.05, 0.1) is 0 Å². The topological polar surface area (TPSA) is 66.8 Å². The summed E-state index contributed by atoms with van der Waals surface area (Å²) < 4.78 is 19.3. The van der Waals surface area contributed by atoms with E-state index in [9.17, 15) is 14.0 Å². The number of benzene rings is 1. The molecular weight excluding hydrogens is 301 g/mol. The van der Waals surface area contributed by atoms with E-state index in [0.29, 0.717) is 24.9 Å². The van der Waals surface area contributed by atoms with Crippen LogP contribution in [0, 0.1) is 5.82 Å². The van der Waals surface area contributed by atoms with Gasteiger partial charge >= 0.3 is 5.97 Å². The second kappa shape index (κ2) is 6.56. The fourth-order valence-corrected chi connectivity index (χ4v) is 3.43. The lowest BCUT2D eigenvalue weighted by molar-refractivity contribution is -0.144. The van der Waals surface area contributed by atoms with E-state index in [1.807, 2.05) is 0 Å². The van der Waals surface area contributed by atoms with Crippen LogP contribution in [0.4, 0.5) is 4.39 Å². The average Bonchev–Trinajstić information content (AvgIpc) is 2.98. The maximum atomic E-state index is 13.7. The van der Waals surface area contributed by atoms with Crippen LogP contribution in [0.1, 0.15) is 37.7 Å². The highest BCUT2D eigenvalue weighted by Crippen LogP contribution is 2.33. The number of likely N-dealkylation sites (tertiary alicyclic amines) is 1.